The molecule has 56 heavy (non-hydrogen) atoms. The molecule has 11 aromatic rings. The van der Waals surface area contributed by atoms with Crippen LogP contribution in [0.3, 0.4) is 0 Å². The molecule has 3 aromatic heterocycles. The molecule has 8 aromatic carbocycles. The predicted octanol–water partition coefficient (Wildman–Crippen LogP) is 13.5. The minimum Gasteiger partial charge on any atom is -0.435 e. The molecule has 3 heterocycles. The van der Waals surface area contributed by atoms with Gasteiger partial charge in [-0.05, 0) is 58.3 Å². The van der Waals surface area contributed by atoms with Gasteiger partial charge < -0.3 is 4.42 Å². The van der Waals surface area contributed by atoms with Gasteiger partial charge in [-0.25, -0.2) is 19.9 Å². The topological polar surface area (TPSA) is 64.7 Å². The molecule has 0 fully saturated rings. The van der Waals surface area contributed by atoms with Crippen LogP contribution in [-0.4, -0.2) is 19.9 Å². The number of nitrogens with zero attached hydrogens (tertiary/aromatic N) is 4. The van der Waals surface area contributed by atoms with E-state index >= 15 is 0 Å². The zero-order valence-electron chi connectivity index (χ0n) is 29.9. The molecule has 0 aliphatic carbocycles. The Morgan fingerprint density at radius 2 is 1.00 bits per heavy atom. The summed E-state index contributed by atoms with van der Waals surface area (Å²) in [5, 5.41) is 4.60. The first kappa shape index (κ1) is 32.2. The van der Waals surface area contributed by atoms with Crippen LogP contribution in [0.15, 0.2) is 186 Å². The van der Waals surface area contributed by atoms with Crippen molar-refractivity contribution in [2.75, 3.05) is 0 Å². The van der Waals surface area contributed by atoms with E-state index in [4.69, 9.17) is 24.4 Å². The van der Waals surface area contributed by atoms with Crippen LogP contribution in [0.1, 0.15) is 0 Å². The fraction of sp³-hybridized carbons (Fsp3) is 0. The fourth-order valence-electron chi connectivity index (χ4n) is 7.74. The van der Waals surface area contributed by atoms with Crippen molar-refractivity contribution in [3.8, 4) is 67.9 Å². The standard InChI is InChI=1S/C50H30N4OS/c1-4-16-32(17-5-1)43-37-24-11-10-15-31(37)27-28-39(43)49-53-47(33-18-6-2-7-19-33)52-48(54-49)36-23-14-22-35(29-36)40-30-42-44(38-25-12-13-26-41(38)56-42)45-46(40)55-50(51-45)34-20-8-3-9-21-34/h1-30H. The minimum absolute atomic E-state index is 0.588. The highest BCUT2D eigenvalue weighted by Gasteiger charge is 2.22. The Bertz CT molecular complexity index is 3250. The Labute approximate surface area is 326 Å². The van der Waals surface area contributed by atoms with Crippen LogP contribution in [-0.2, 0) is 0 Å². The summed E-state index contributed by atoms with van der Waals surface area (Å²) in [5.41, 5.74) is 9.43. The summed E-state index contributed by atoms with van der Waals surface area (Å²) in [6.45, 7) is 0. The number of benzene rings is 8. The van der Waals surface area contributed by atoms with E-state index < -0.39 is 0 Å². The quantitative estimate of drug-likeness (QED) is 0.170. The number of thiophene rings is 1. The van der Waals surface area contributed by atoms with E-state index in [1.807, 2.05) is 66.7 Å². The molecular weight excluding hydrogens is 705 g/mol. The summed E-state index contributed by atoms with van der Waals surface area (Å²) in [6, 6.07) is 62.7. The van der Waals surface area contributed by atoms with Crippen LogP contribution >= 0.6 is 11.3 Å². The molecule has 0 aliphatic heterocycles. The van der Waals surface area contributed by atoms with Crippen molar-refractivity contribution in [2.45, 2.75) is 0 Å². The van der Waals surface area contributed by atoms with Gasteiger partial charge in [0.1, 0.15) is 5.52 Å². The molecule has 0 amide bonds. The van der Waals surface area contributed by atoms with Gasteiger partial charge in [-0.1, -0.05) is 146 Å². The second kappa shape index (κ2) is 13.2. The van der Waals surface area contributed by atoms with E-state index in [1.165, 1.54) is 10.1 Å². The molecule has 0 unspecified atom stereocenters. The Hall–Kier alpha value is -7.28. The molecule has 0 N–H and O–H groups in total. The molecule has 6 heteroatoms. The van der Waals surface area contributed by atoms with Crippen molar-refractivity contribution in [3.05, 3.63) is 182 Å². The average molecular weight is 735 g/mol. The first-order chi connectivity index (χ1) is 27.7. The van der Waals surface area contributed by atoms with Crippen molar-refractivity contribution < 1.29 is 4.42 Å². The highest BCUT2D eigenvalue weighted by Crippen LogP contribution is 2.44. The third-order valence-corrected chi connectivity index (χ3v) is 11.5. The predicted molar refractivity (Wildman–Crippen MR) is 230 cm³/mol. The molecule has 0 saturated carbocycles. The van der Waals surface area contributed by atoms with Crippen LogP contribution in [0.4, 0.5) is 0 Å². The van der Waals surface area contributed by atoms with Gasteiger partial charge in [0.05, 0.1) is 0 Å². The third kappa shape index (κ3) is 5.46. The van der Waals surface area contributed by atoms with E-state index in [1.54, 1.807) is 11.3 Å². The maximum atomic E-state index is 6.71. The molecule has 0 bridgehead atoms. The molecule has 0 saturated heterocycles. The Morgan fingerprint density at radius 3 is 1.79 bits per heavy atom. The van der Waals surface area contributed by atoms with Crippen LogP contribution in [0, 0.1) is 0 Å². The lowest BCUT2D eigenvalue weighted by Gasteiger charge is -2.15. The lowest BCUT2D eigenvalue weighted by molar-refractivity contribution is 0.621. The van der Waals surface area contributed by atoms with Crippen LogP contribution < -0.4 is 0 Å². The maximum Gasteiger partial charge on any atom is 0.227 e. The number of fused-ring (bicyclic) bond motifs is 6. The van der Waals surface area contributed by atoms with Crippen LogP contribution in [0.2, 0.25) is 0 Å². The van der Waals surface area contributed by atoms with Gasteiger partial charge in [0.2, 0.25) is 5.89 Å². The molecule has 0 aliphatic rings. The van der Waals surface area contributed by atoms with Gasteiger partial charge in [-0.15, -0.1) is 11.3 Å². The summed E-state index contributed by atoms with van der Waals surface area (Å²) < 4.78 is 9.08. The lowest BCUT2D eigenvalue weighted by Crippen LogP contribution is -2.01. The average Bonchev–Trinajstić information content (AvgIpc) is 3.89. The second-order valence-corrected chi connectivity index (χ2v) is 14.9. The number of hydrogen-bond acceptors (Lipinski definition) is 6. The first-order valence-electron chi connectivity index (χ1n) is 18.6. The van der Waals surface area contributed by atoms with Crippen molar-refractivity contribution in [2.24, 2.45) is 0 Å². The molecule has 5 nitrogen and oxygen atoms in total. The summed E-state index contributed by atoms with van der Waals surface area (Å²) in [7, 11) is 0. The van der Waals surface area contributed by atoms with E-state index in [-0.39, 0.29) is 0 Å². The summed E-state index contributed by atoms with van der Waals surface area (Å²) >= 11 is 1.78. The van der Waals surface area contributed by atoms with Crippen LogP contribution in [0.5, 0.6) is 0 Å². The normalized spacial score (nSPS) is 11.6. The van der Waals surface area contributed by atoms with Gasteiger partial charge in [0.25, 0.3) is 0 Å². The van der Waals surface area contributed by atoms with Gasteiger partial charge in [0.15, 0.2) is 23.1 Å². The Kier molecular flexibility index (Phi) is 7.60. The molecule has 0 radical (unpaired) electrons. The fourth-order valence-corrected chi connectivity index (χ4v) is 8.89. The van der Waals surface area contributed by atoms with Crippen LogP contribution in [0.25, 0.3) is 110 Å². The van der Waals surface area contributed by atoms with E-state index in [0.29, 0.717) is 23.4 Å². The lowest BCUT2D eigenvalue weighted by atomic mass is 9.93. The molecule has 262 valence electrons. The molecular formula is C50H30N4OS. The zero-order valence-corrected chi connectivity index (χ0v) is 30.7. The summed E-state index contributed by atoms with van der Waals surface area (Å²) in [6.07, 6.45) is 0. The number of rotatable bonds is 6. The Morgan fingerprint density at radius 1 is 0.393 bits per heavy atom. The number of aromatic nitrogens is 4. The number of hydrogen-bond donors (Lipinski definition) is 0. The van der Waals surface area contributed by atoms with E-state index in [9.17, 15) is 0 Å². The minimum atomic E-state index is 0.588. The summed E-state index contributed by atoms with van der Waals surface area (Å²) in [4.78, 5) is 20.7. The van der Waals surface area contributed by atoms with Gasteiger partial charge >= 0.3 is 0 Å². The second-order valence-electron chi connectivity index (χ2n) is 13.8. The first-order valence-corrected chi connectivity index (χ1v) is 19.4. The molecule has 11 rings (SSSR count). The van der Waals surface area contributed by atoms with Gasteiger partial charge in [0, 0.05) is 53.6 Å². The van der Waals surface area contributed by atoms with E-state index in [2.05, 4.69) is 115 Å². The van der Waals surface area contributed by atoms with Crippen molar-refractivity contribution in [3.63, 3.8) is 0 Å². The van der Waals surface area contributed by atoms with E-state index in [0.717, 1.165) is 76.5 Å². The monoisotopic (exact) mass is 734 g/mol. The van der Waals surface area contributed by atoms with Crippen molar-refractivity contribution in [1.29, 1.82) is 0 Å². The Balaban J connectivity index is 1.13. The SMILES string of the molecule is c1ccc(-c2nc(-c3cccc(-c4cc5sc6ccccc6c5c5nc(-c6ccccc6)oc45)c3)nc(-c3ccc4ccccc4c3-c3ccccc3)n2)cc1. The highest BCUT2D eigenvalue weighted by molar-refractivity contribution is 7.26. The largest absolute Gasteiger partial charge is 0.435 e. The van der Waals surface area contributed by atoms with Gasteiger partial charge in [-0.3, -0.25) is 0 Å². The van der Waals surface area contributed by atoms with Crippen molar-refractivity contribution >= 4 is 53.4 Å². The zero-order chi connectivity index (χ0) is 37.0. The van der Waals surface area contributed by atoms with Crippen molar-refractivity contribution in [1.82, 2.24) is 19.9 Å². The number of oxazole rings is 1. The molecule has 0 spiro atoms. The third-order valence-electron chi connectivity index (χ3n) is 10.4. The highest BCUT2D eigenvalue weighted by atomic mass is 32.1. The molecule has 0 atom stereocenters. The summed E-state index contributed by atoms with van der Waals surface area (Å²) in [5.74, 6) is 2.41. The smallest absolute Gasteiger partial charge is 0.227 e. The van der Waals surface area contributed by atoms with Gasteiger partial charge in [-0.2, -0.15) is 0 Å². The maximum absolute atomic E-state index is 6.71.